The van der Waals surface area contributed by atoms with Gasteiger partial charge in [-0.3, -0.25) is 0 Å². The van der Waals surface area contributed by atoms with Gasteiger partial charge >= 0.3 is 0 Å². The highest BCUT2D eigenvalue weighted by Gasteiger charge is 2.13. The first kappa shape index (κ1) is 20.3. The molecule has 0 N–H and O–H groups in total. The van der Waals surface area contributed by atoms with Gasteiger partial charge in [0, 0.05) is 11.1 Å². The van der Waals surface area contributed by atoms with E-state index >= 15 is 0 Å². The molecule has 0 aliphatic rings. The first-order valence-electron chi connectivity index (χ1n) is 17.8. The third-order valence-corrected chi connectivity index (χ3v) is 7.96. The fourth-order valence-corrected chi connectivity index (χ4v) is 5.84. The van der Waals surface area contributed by atoms with Gasteiger partial charge in [0.1, 0.15) is 0 Å². The SMILES string of the molecule is [2H]c1c([2H])c([2H])c2c(-c3ccc(-c4nc(Cl)nc(-c5cccc(-c6cccc7c(-c8ccccc8)cccc67)c5)n4)cc3)c([2H])c([2H])c([2H])c2c1[2H]. The van der Waals surface area contributed by atoms with Gasteiger partial charge in [0.2, 0.25) is 5.28 Å². The van der Waals surface area contributed by atoms with Gasteiger partial charge in [0.15, 0.2) is 11.6 Å². The number of fused-ring (bicyclic) bond motifs is 2. The van der Waals surface area contributed by atoms with Crippen LogP contribution in [-0.4, -0.2) is 15.0 Å². The number of rotatable bonds is 5. The fraction of sp³-hybridized carbons (Fsp3) is 0. The van der Waals surface area contributed by atoms with E-state index in [2.05, 4.69) is 64.6 Å². The molecule has 0 saturated carbocycles. The molecule has 4 heteroatoms. The second-order valence-electron chi connectivity index (χ2n) is 10.5. The van der Waals surface area contributed by atoms with Gasteiger partial charge in [-0.05, 0) is 72.6 Å². The molecule has 1 aromatic heterocycles. The van der Waals surface area contributed by atoms with E-state index in [9.17, 15) is 0 Å². The molecule has 0 atom stereocenters. The van der Waals surface area contributed by atoms with E-state index in [1.165, 1.54) is 0 Å². The summed E-state index contributed by atoms with van der Waals surface area (Å²) in [7, 11) is 0. The van der Waals surface area contributed by atoms with Crippen molar-refractivity contribution < 1.29 is 9.60 Å². The summed E-state index contributed by atoms with van der Waals surface area (Å²) in [5.74, 6) is 0.691. The molecular weight excluding hydrogens is 570 g/mol. The summed E-state index contributed by atoms with van der Waals surface area (Å²) < 4.78 is 58.8. The maximum absolute atomic E-state index is 8.68. The predicted molar refractivity (Wildman–Crippen MR) is 187 cm³/mol. The van der Waals surface area contributed by atoms with Crippen LogP contribution < -0.4 is 0 Å². The van der Waals surface area contributed by atoms with Crippen LogP contribution in [0.25, 0.3) is 77.7 Å². The summed E-state index contributed by atoms with van der Waals surface area (Å²) in [4.78, 5) is 13.6. The first-order chi connectivity index (χ1) is 25.1. The van der Waals surface area contributed by atoms with E-state index < -0.39 is 30.2 Å². The Hall–Kier alpha value is -5.64. The summed E-state index contributed by atoms with van der Waals surface area (Å²) in [5.41, 5.74) is 6.27. The van der Waals surface area contributed by atoms with Crippen LogP contribution in [0.5, 0.6) is 0 Å². The maximum atomic E-state index is 8.68. The number of hydrogen-bond acceptors (Lipinski definition) is 3. The molecular formula is C41H26ClN3. The van der Waals surface area contributed by atoms with E-state index in [1.54, 1.807) is 24.3 Å². The number of hydrogen-bond donors (Lipinski definition) is 0. The van der Waals surface area contributed by atoms with E-state index in [1.807, 2.05) is 36.4 Å². The van der Waals surface area contributed by atoms with Crippen molar-refractivity contribution >= 4 is 33.1 Å². The molecule has 8 rings (SSSR count). The van der Waals surface area contributed by atoms with Crippen LogP contribution in [0.1, 0.15) is 9.60 Å². The molecule has 0 radical (unpaired) electrons. The average molecular weight is 603 g/mol. The van der Waals surface area contributed by atoms with Crippen molar-refractivity contribution in [3.8, 4) is 56.2 Å². The van der Waals surface area contributed by atoms with Crippen LogP contribution in [0.2, 0.25) is 5.28 Å². The smallest absolute Gasteiger partial charge is 0.208 e. The highest BCUT2D eigenvalue weighted by atomic mass is 35.5. The van der Waals surface area contributed by atoms with Crippen molar-refractivity contribution in [1.29, 1.82) is 0 Å². The zero-order valence-corrected chi connectivity index (χ0v) is 24.4. The second-order valence-corrected chi connectivity index (χ2v) is 10.8. The molecule has 0 spiro atoms. The van der Waals surface area contributed by atoms with Gasteiger partial charge in [-0.1, -0.05) is 151 Å². The van der Waals surface area contributed by atoms with Gasteiger partial charge in [-0.15, -0.1) is 0 Å². The number of aromatic nitrogens is 3. The van der Waals surface area contributed by atoms with Gasteiger partial charge in [0.05, 0.1) is 9.60 Å². The van der Waals surface area contributed by atoms with Crippen LogP contribution >= 0.6 is 11.6 Å². The normalized spacial score (nSPS) is 13.4. The molecule has 0 aliphatic carbocycles. The highest BCUT2D eigenvalue weighted by Crippen LogP contribution is 2.36. The van der Waals surface area contributed by atoms with Crippen LogP contribution in [0.4, 0.5) is 0 Å². The summed E-state index contributed by atoms with van der Waals surface area (Å²) in [6.07, 6.45) is 0. The fourth-order valence-electron chi connectivity index (χ4n) is 5.68. The molecule has 0 amide bonds. The lowest BCUT2D eigenvalue weighted by atomic mass is 9.92. The van der Waals surface area contributed by atoms with Crippen molar-refractivity contribution in [2.75, 3.05) is 0 Å². The Bertz CT molecular complexity index is 2710. The minimum Gasteiger partial charge on any atom is -0.208 e. The predicted octanol–water partition coefficient (Wildman–Crippen LogP) is 11.2. The Labute approximate surface area is 276 Å². The summed E-state index contributed by atoms with van der Waals surface area (Å²) in [6, 6.07) is 34.8. The molecule has 7 aromatic carbocycles. The van der Waals surface area contributed by atoms with Gasteiger partial charge in [-0.25, -0.2) is 4.98 Å². The largest absolute Gasteiger partial charge is 0.226 e. The summed E-state index contributed by atoms with van der Waals surface area (Å²) >= 11 is 6.47. The van der Waals surface area contributed by atoms with Crippen molar-refractivity contribution in [3.05, 3.63) is 163 Å². The molecule has 0 fully saturated rings. The van der Waals surface area contributed by atoms with Crippen molar-refractivity contribution in [2.24, 2.45) is 0 Å². The molecule has 0 aliphatic heterocycles. The highest BCUT2D eigenvalue weighted by molar-refractivity contribution is 6.28. The lowest BCUT2D eigenvalue weighted by Gasteiger charge is -2.12. The molecule has 3 nitrogen and oxygen atoms in total. The number of halogens is 1. The van der Waals surface area contributed by atoms with Gasteiger partial charge < -0.3 is 0 Å². The van der Waals surface area contributed by atoms with Gasteiger partial charge in [-0.2, -0.15) is 9.97 Å². The Morgan fingerprint density at radius 2 is 1.00 bits per heavy atom. The number of nitrogens with zero attached hydrogens (tertiary/aromatic N) is 3. The molecule has 8 aromatic rings. The Morgan fingerprint density at radius 3 is 1.78 bits per heavy atom. The molecule has 1 heterocycles. The molecule has 0 saturated heterocycles. The molecule has 212 valence electrons. The maximum Gasteiger partial charge on any atom is 0.226 e. The minimum absolute atomic E-state index is 0.00691. The van der Waals surface area contributed by atoms with Crippen LogP contribution in [0, 0.1) is 0 Å². The topological polar surface area (TPSA) is 38.7 Å². The summed E-state index contributed by atoms with van der Waals surface area (Å²) in [6.45, 7) is 0. The summed E-state index contributed by atoms with van der Waals surface area (Å²) in [5, 5.41) is 2.20. The van der Waals surface area contributed by atoms with E-state index in [4.69, 9.17) is 26.2 Å². The number of benzene rings is 7. The van der Waals surface area contributed by atoms with E-state index in [-0.39, 0.29) is 33.7 Å². The second kappa shape index (κ2) is 11.5. The zero-order valence-electron chi connectivity index (χ0n) is 30.7. The standard InChI is InChI=1S/C41H26ClN3/c42-41-44-39(30-24-22-29(23-25-30)34-17-7-13-28-12-4-5-16-33(28)34)43-40(45-41)32-15-6-14-31(26-32)36-19-9-20-37-35(18-8-21-38(36)37)27-10-2-1-3-11-27/h1-26H/i4D,5D,7D,12D,13D,16D,17D. The van der Waals surface area contributed by atoms with Crippen LogP contribution in [0.3, 0.4) is 0 Å². The average Bonchev–Trinajstić information content (AvgIpc) is 3.18. The molecule has 45 heavy (non-hydrogen) atoms. The van der Waals surface area contributed by atoms with Crippen LogP contribution in [0.15, 0.2) is 158 Å². The third kappa shape index (κ3) is 5.14. The lowest BCUT2D eigenvalue weighted by molar-refractivity contribution is 1.07. The van der Waals surface area contributed by atoms with Crippen molar-refractivity contribution in [3.63, 3.8) is 0 Å². The quantitative estimate of drug-likeness (QED) is 0.197. The van der Waals surface area contributed by atoms with Crippen molar-refractivity contribution in [1.82, 2.24) is 15.0 Å². The van der Waals surface area contributed by atoms with Gasteiger partial charge in [0.25, 0.3) is 0 Å². The third-order valence-electron chi connectivity index (χ3n) is 7.79. The molecule has 0 unspecified atom stereocenters. The minimum atomic E-state index is -0.494. The lowest BCUT2D eigenvalue weighted by Crippen LogP contribution is -1.97. The Balaban J connectivity index is 1.19. The van der Waals surface area contributed by atoms with Crippen LogP contribution in [-0.2, 0) is 0 Å². The van der Waals surface area contributed by atoms with Crippen molar-refractivity contribution in [2.45, 2.75) is 0 Å². The first-order valence-corrected chi connectivity index (χ1v) is 14.7. The van der Waals surface area contributed by atoms with E-state index in [0.29, 0.717) is 22.8 Å². The molecule has 0 bridgehead atoms. The monoisotopic (exact) mass is 602 g/mol. The van der Waals surface area contributed by atoms with E-state index in [0.717, 1.165) is 38.6 Å². The zero-order chi connectivity index (χ0) is 36.3. The Kier molecular flexibility index (Phi) is 5.18. The Morgan fingerprint density at radius 1 is 0.422 bits per heavy atom.